The standard InChI is InChI=1S/C20H27NO4S/c1-13-15(7-8-19(2,3)4)26-17(18(22)23)16(13)21-14-5-9-20(10-6-14)24-11-12-25-20/h14,21H,5-6,9-12H2,1-4H3,(H,22,23). The van der Waals surface area contributed by atoms with Gasteiger partial charge in [-0.25, -0.2) is 4.79 Å². The minimum atomic E-state index is -0.904. The highest BCUT2D eigenvalue weighted by Crippen LogP contribution is 2.39. The zero-order chi connectivity index (χ0) is 18.9. The molecule has 2 heterocycles. The van der Waals surface area contributed by atoms with Crippen molar-refractivity contribution in [3.8, 4) is 11.8 Å². The van der Waals surface area contributed by atoms with Gasteiger partial charge < -0.3 is 19.9 Å². The van der Waals surface area contributed by atoms with Gasteiger partial charge in [0.1, 0.15) is 4.88 Å². The van der Waals surface area contributed by atoms with E-state index in [1.807, 2.05) is 27.7 Å². The molecule has 2 N–H and O–H groups in total. The van der Waals surface area contributed by atoms with Gasteiger partial charge in [0.15, 0.2) is 5.79 Å². The molecule has 1 aliphatic heterocycles. The monoisotopic (exact) mass is 377 g/mol. The summed E-state index contributed by atoms with van der Waals surface area (Å²) in [7, 11) is 0. The summed E-state index contributed by atoms with van der Waals surface area (Å²) < 4.78 is 11.5. The Labute approximate surface area is 159 Å². The molecule has 1 aromatic heterocycles. The van der Waals surface area contributed by atoms with Crippen LogP contribution < -0.4 is 5.32 Å². The van der Waals surface area contributed by atoms with Crippen LogP contribution in [0.25, 0.3) is 0 Å². The highest BCUT2D eigenvalue weighted by molar-refractivity contribution is 7.15. The molecule has 1 spiro atoms. The fraction of sp³-hybridized carbons (Fsp3) is 0.650. The third-order valence-corrected chi connectivity index (χ3v) is 6.00. The molecule has 1 aliphatic carbocycles. The summed E-state index contributed by atoms with van der Waals surface area (Å²) in [4.78, 5) is 12.9. The fourth-order valence-corrected chi connectivity index (χ4v) is 4.36. The minimum absolute atomic E-state index is 0.119. The Hall–Kier alpha value is -1.55. The zero-order valence-electron chi connectivity index (χ0n) is 15.9. The number of nitrogens with one attached hydrogen (secondary N) is 1. The molecular weight excluding hydrogens is 350 g/mol. The second kappa shape index (κ2) is 7.22. The van der Waals surface area contributed by atoms with Crippen molar-refractivity contribution in [2.45, 2.75) is 65.2 Å². The van der Waals surface area contributed by atoms with E-state index in [1.54, 1.807) is 0 Å². The van der Waals surface area contributed by atoms with Crippen LogP contribution in [0.4, 0.5) is 5.69 Å². The SMILES string of the molecule is Cc1c(C#CC(C)(C)C)sc(C(=O)O)c1NC1CCC2(CC1)OCCO2. The highest BCUT2D eigenvalue weighted by atomic mass is 32.1. The van der Waals surface area contributed by atoms with Crippen LogP contribution in [0, 0.1) is 24.2 Å². The molecule has 1 saturated heterocycles. The maximum atomic E-state index is 11.7. The van der Waals surface area contributed by atoms with Crippen LogP contribution in [0.1, 0.15) is 66.6 Å². The molecule has 0 amide bonds. The first-order valence-corrected chi connectivity index (χ1v) is 9.95. The van der Waals surface area contributed by atoms with Gasteiger partial charge in [0.2, 0.25) is 0 Å². The summed E-state index contributed by atoms with van der Waals surface area (Å²) in [5.74, 6) is 5.07. The lowest BCUT2D eigenvalue weighted by atomic mass is 9.89. The lowest BCUT2D eigenvalue weighted by Crippen LogP contribution is -2.39. The molecule has 2 aliphatic rings. The maximum absolute atomic E-state index is 11.7. The summed E-state index contributed by atoms with van der Waals surface area (Å²) in [5, 5.41) is 13.1. The number of aromatic carboxylic acids is 1. The smallest absolute Gasteiger partial charge is 0.348 e. The highest BCUT2D eigenvalue weighted by Gasteiger charge is 2.40. The molecule has 142 valence electrons. The van der Waals surface area contributed by atoms with Crippen molar-refractivity contribution in [1.29, 1.82) is 0 Å². The van der Waals surface area contributed by atoms with Crippen LogP contribution in [0.3, 0.4) is 0 Å². The molecule has 0 aromatic carbocycles. The first-order valence-electron chi connectivity index (χ1n) is 9.13. The number of carboxylic acid groups (broad SMARTS) is 1. The van der Waals surface area contributed by atoms with Gasteiger partial charge in [-0.1, -0.05) is 11.8 Å². The van der Waals surface area contributed by atoms with Crippen molar-refractivity contribution in [3.05, 3.63) is 15.3 Å². The lowest BCUT2D eigenvalue weighted by Gasteiger charge is -2.36. The summed E-state index contributed by atoms with van der Waals surface area (Å²) in [6, 6.07) is 0.225. The maximum Gasteiger partial charge on any atom is 0.348 e. The predicted molar refractivity (Wildman–Crippen MR) is 103 cm³/mol. The lowest BCUT2D eigenvalue weighted by molar-refractivity contribution is -0.177. The van der Waals surface area contributed by atoms with Crippen LogP contribution in [-0.2, 0) is 9.47 Å². The largest absolute Gasteiger partial charge is 0.477 e. The van der Waals surface area contributed by atoms with Crippen molar-refractivity contribution in [2.24, 2.45) is 5.41 Å². The topological polar surface area (TPSA) is 67.8 Å². The van der Waals surface area contributed by atoms with Gasteiger partial charge in [0.25, 0.3) is 0 Å². The quantitative estimate of drug-likeness (QED) is 0.771. The molecule has 0 radical (unpaired) electrons. The van der Waals surface area contributed by atoms with Crippen molar-refractivity contribution < 1.29 is 19.4 Å². The second-order valence-corrected chi connectivity index (χ2v) is 9.11. The van der Waals surface area contributed by atoms with Gasteiger partial charge in [0.05, 0.1) is 23.8 Å². The van der Waals surface area contributed by atoms with Gasteiger partial charge in [-0.2, -0.15) is 0 Å². The Bertz CT molecular complexity index is 734. The molecule has 6 heteroatoms. The Morgan fingerprint density at radius 3 is 2.42 bits per heavy atom. The summed E-state index contributed by atoms with van der Waals surface area (Å²) in [5.41, 5.74) is 1.53. The van der Waals surface area contributed by atoms with E-state index in [0.717, 1.165) is 41.8 Å². The predicted octanol–water partition coefficient (Wildman–Crippen LogP) is 4.25. The zero-order valence-corrected chi connectivity index (χ0v) is 16.7. The molecular formula is C20H27NO4S. The van der Waals surface area contributed by atoms with Crippen LogP contribution in [0.15, 0.2) is 0 Å². The van der Waals surface area contributed by atoms with E-state index in [2.05, 4.69) is 17.2 Å². The Kier molecular flexibility index (Phi) is 5.34. The van der Waals surface area contributed by atoms with Crippen LogP contribution in [0.2, 0.25) is 0 Å². The number of carboxylic acids is 1. The molecule has 26 heavy (non-hydrogen) atoms. The average molecular weight is 378 g/mol. The number of carbonyl (C=O) groups is 1. The van der Waals surface area contributed by atoms with Gasteiger partial charge in [-0.3, -0.25) is 0 Å². The van der Waals surface area contributed by atoms with Gasteiger partial charge in [0, 0.05) is 24.3 Å². The number of thiophene rings is 1. The number of hydrogen-bond acceptors (Lipinski definition) is 5. The first kappa shape index (κ1) is 19.2. The number of hydrogen-bond donors (Lipinski definition) is 2. The molecule has 0 atom stereocenters. The van der Waals surface area contributed by atoms with Crippen molar-refractivity contribution >= 4 is 23.0 Å². The summed E-state index contributed by atoms with van der Waals surface area (Å²) >= 11 is 1.26. The normalized spacial score (nSPS) is 20.0. The van der Waals surface area contributed by atoms with Gasteiger partial charge in [-0.05, 0) is 46.1 Å². The second-order valence-electron chi connectivity index (χ2n) is 8.09. The van der Waals surface area contributed by atoms with E-state index in [-0.39, 0.29) is 11.5 Å². The van der Waals surface area contributed by atoms with Crippen molar-refractivity contribution in [1.82, 2.24) is 0 Å². The summed E-state index contributed by atoms with van der Waals surface area (Å²) in [6.07, 6.45) is 3.48. The molecule has 0 unspecified atom stereocenters. The number of ether oxygens (including phenoxy) is 2. The molecule has 1 saturated carbocycles. The minimum Gasteiger partial charge on any atom is -0.477 e. The molecule has 5 nitrogen and oxygen atoms in total. The van der Waals surface area contributed by atoms with E-state index in [0.29, 0.717) is 18.1 Å². The van der Waals surface area contributed by atoms with Crippen molar-refractivity contribution in [2.75, 3.05) is 18.5 Å². The van der Waals surface area contributed by atoms with E-state index in [4.69, 9.17) is 9.47 Å². The first-order chi connectivity index (χ1) is 12.2. The molecule has 2 fully saturated rings. The third-order valence-electron chi connectivity index (χ3n) is 4.80. The van der Waals surface area contributed by atoms with Gasteiger partial charge in [-0.15, -0.1) is 11.3 Å². The van der Waals surface area contributed by atoms with Crippen LogP contribution >= 0.6 is 11.3 Å². The third kappa shape index (κ3) is 4.22. The van der Waals surface area contributed by atoms with Crippen LogP contribution in [-0.4, -0.2) is 36.1 Å². The molecule has 0 bridgehead atoms. The Balaban J connectivity index is 1.77. The Morgan fingerprint density at radius 2 is 1.88 bits per heavy atom. The average Bonchev–Trinajstić information content (AvgIpc) is 3.13. The van der Waals surface area contributed by atoms with E-state index in [9.17, 15) is 9.90 Å². The Morgan fingerprint density at radius 1 is 1.27 bits per heavy atom. The van der Waals surface area contributed by atoms with E-state index < -0.39 is 11.8 Å². The number of rotatable bonds is 3. The van der Waals surface area contributed by atoms with Gasteiger partial charge >= 0.3 is 5.97 Å². The van der Waals surface area contributed by atoms with E-state index in [1.165, 1.54) is 11.3 Å². The van der Waals surface area contributed by atoms with Crippen LogP contribution in [0.5, 0.6) is 0 Å². The molecule has 1 aromatic rings. The van der Waals surface area contributed by atoms with E-state index >= 15 is 0 Å². The van der Waals surface area contributed by atoms with Crippen molar-refractivity contribution in [3.63, 3.8) is 0 Å². The molecule has 3 rings (SSSR count). The number of anilines is 1. The fourth-order valence-electron chi connectivity index (χ4n) is 3.39. The summed E-state index contributed by atoms with van der Waals surface area (Å²) in [6.45, 7) is 9.43.